The van der Waals surface area contributed by atoms with Gasteiger partial charge in [-0.3, -0.25) is 9.69 Å². The Hall–Kier alpha value is -0.570. The van der Waals surface area contributed by atoms with Crippen LogP contribution in [0.3, 0.4) is 0 Å². The third kappa shape index (κ3) is 2.69. The van der Waals surface area contributed by atoms with Crippen molar-refractivity contribution in [3.05, 3.63) is 0 Å². The van der Waals surface area contributed by atoms with Crippen LogP contribution < -0.4 is 0 Å². The zero-order valence-electron chi connectivity index (χ0n) is 8.71. The molecule has 76 valence electrons. The van der Waals surface area contributed by atoms with Gasteiger partial charge in [0.1, 0.15) is 0 Å². The van der Waals surface area contributed by atoms with Crippen molar-refractivity contribution in [2.24, 2.45) is 5.92 Å². The van der Waals surface area contributed by atoms with Crippen LogP contribution in [0.15, 0.2) is 0 Å². The summed E-state index contributed by atoms with van der Waals surface area (Å²) in [5.74, 6) is -0.804. The summed E-state index contributed by atoms with van der Waals surface area (Å²) in [5, 5.41) is 8.90. The van der Waals surface area contributed by atoms with Gasteiger partial charge in [0.2, 0.25) is 0 Å². The third-order valence-electron chi connectivity index (χ3n) is 2.72. The van der Waals surface area contributed by atoms with Crippen LogP contribution in [-0.4, -0.2) is 34.6 Å². The normalized spacial score (nSPS) is 25.9. The molecule has 1 saturated heterocycles. The van der Waals surface area contributed by atoms with Crippen molar-refractivity contribution < 1.29 is 9.90 Å². The molecule has 0 aliphatic carbocycles. The van der Waals surface area contributed by atoms with Crippen LogP contribution in [-0.2, 0) is 4.79 Å². The zero-order valence-corrected chi connectivity index (χ0v) is 8.71. The Morgan fingerprint density at radius 3 is 2.54 bits per heavy atom. The van der Waals surface area contributed by atoms with Gasteiger partial charge < -0.3 is 5.11 Å². The van der Waals surface area contributed by atoms with E-state index in [0.29, 0.717) is 6.54 Å². The summed E-state index contributed by atoms with van der Waals surface area (Å²) < 4.78 is 0. The van der Waals surface area contributed by atoms with Crippen molar-refractivity contribution >= 4 is 5.97 Å². The van der Waals surface area contributed by atoms with Crippen molar-refractivity contribution in [3.63, 3.8) is 0 Å². The molecule has 0 saturated carbocycles. The minimum atomic E-state index is -0.644. The molecule has 0 amide bonds. The predicted octanol–water partition coefficient (Wildman–Crippen LogP) is 1.58. The van der Waals surface area contributed by atoms with Crippen LogP contribution >= 0.6 is 0 Å². The van der Waals surface area contributed by atoms with Crippen LogP contribution in [0.4, 0.5) is 0 Å². The number of aliphatic carboxylic acids is 1. The van der Waals surface area contributed by atoms with Gasteiger partial charge >= 0.3 is 5.97 Å². The lowest BCUT2D eigenvalue weighted by Gasteiger charge is -2.40. The van der Waals surface area contributed by atoms with Crippen molar-refractivity contribution in [3.8, 4) is 0 Å². The average Bonchev–Trinajstić information content (AvgIpc) is 2.03. The standard InChI is InChI=1S/C10H19NO2/c1-10(2,3)11-6-4-5-8(7-11)9(12)13/h8H,4-7H2,1-3H3,(H,12,13)/t8-/m0/s1. The molecular weight excluding hydrogens is 166 g/mol. The fourth-order valence-corrected chi connectivity index (χ4v) is 1.79. The van der Waals surface area contributed by atoms with Crippen LogP contribution in [0.1, 0.15) is 33.6 Å². The van der Waals surface area contributed by atoms with Gasteiger partial charge in [0.25, 0.3) is 0 Å². The zero-order chi connectivity index (χ0) is 10.1. The van der Waals surface area contributed by atoms with Gasteiger partial charge in [-0.15, -0.1) is 0 Å². The van der Waals surface area contributed by atoms with Crippen LogP contribution in [0.2, 0.25) is 0 Å². The summed E-state index contributed by atoms with van der Waals surface area (Å²) in [7, 11) is 0. The van der Waals surface area contributed by atoms with Crippen molar-refractivity contribution in [1.29, 1.82) is 0 Å². The van der Waals surface area contributed by atoms with E-state index in [4.69, 9.17) is 5.11 Å². The summed E-state index contributed by atoms with van der Waals surface area (Å²) in [6.07, 6.45) is 1.84. The molecule has 1 heterocycles. The number of hydrogen-bond acceptors (Lipinski definition) is 2. The summed E-state index contributed by atoms with van der Waals surface area (Å²) in [4.78, 5) is 13.1. The van der Waals surface area contributed by atoms with Gasteiger partial charge in [-0.25, -0.2) is 0 Å². The first-order valence-corrected chi connectivity index (χ1v) is 4.89. The first-order valence-electron chi connectivity index (χ1n) is 4.89. The maximum Gasteiger partial charge on any atom is 0.307 e. The number of likely N-dealkylation sites (tertiary alicyclic amines) is 1. The summed E-state index contributed by atoms with van der Waals surface area (Å²) >= 11 is 0. The van der Waals surface area contributed by atoms with Gasteiger partial charge in [0.05, 0.1) is 5.92 Å². The molecule has 3 heteroatoms. The van der Waals surface area contributed by atoms with Crippen molar-refractivity contribution in [1.82, 2.24) is 4.90 Å². The van der Waals surface area contributed by atoms with E-state index in [1.807, 2.05) is 0 Å². The second-order valence-corrected chi connectivity index (χ2v) is 4.79. The molecule has 0 aromatic rings. The van der Waals surface area contributed by atoms with E-state index >= 15 is 0 Å². The first kappa shape index (κ1) is 10.5. The highest BCUT2D eigenvalue weighted by Gasteiger charge is 2.30. The molecule has 1 rings (SSSR count). The predicted molar refractivity (Wildman–Crippen MR) is 51.7 cm³/mol. The Morgan fingerprint density at radius 1 is 1.46 bits per heavy atom. The van der Waals surface area contributed by atoms with Gasteiger partial charge in [-0.05, 0) is 40.2 Å². The molecule has 1 fully saturated rings. The molecular formula is C10H19NO2. The summed E-state index contributed by atoms with van der Waals surface area (Å²) in [6.45, 7) is 8.15. The minimum Gasteiger partial charge on any atom is -0.481 e. The third-order valence-corrected chi connectivity index (χ3v) is 2.72. The first-order chi connectivity index (χ1) is 5.91. The fraction of sp³-hybridized carbons (Fsp3) is 0.900. The molecule has 0 unspecified atom stereocenters. The van der Waals surface area contributed by atoms with Crippen molar-refractivity contribution in [2.75, 3.05) is 13.1 Å². The van der Waals surface area contributed by atoms with E-state index in [9.17, 15) is 4.79 Å². The molecule has 1 aliphatic rings. The van der Waals surface area contributed by atoms with E-state index in [1.165, 1.54) is 0 Å². The van der Waals surface area contributed by atoms with Gasteiger partial charge in [0, 0.05) is 12.1 Å². The number of nitrogens with zero attached hydrogens (tertiary/aromatic N) is 1. The fourth-order valence-electron chi connectivity index (χ4n) is 1.79. The van der Waals surface area contributed by atoms with Crippen molar-refractivity contribution in [2.45, 2.75) is 39.2 Å². The highest BCUT2D eigenvalue weighted by Crippen LogP contribution is 2.23. The van der Waals surface area contributed by atoms with E-state index in [0.717, 1.165) is 19.4 Å². The second kappa shape index (κ2) is 3.66. The lowest BCUT2D eigenvalue weighted by Crippen LogP contribution is -2.48. The summed E-state index contributed by atoms with van der Waals surface area (Å²) in [6, 6.07) is 0. The molecule has 0 spiro atoms. The second-order valence-electron chi connectivity index (χ2n) is 4.79. The highest BCUT2D eigenvalue weighted by molar-refractivity contribution is 5.70. The number of carboxylic acid groups (broad SMARTS) is 1. The maximum absolute atomic E-state index is 10.8. The van der Waals surface area contributed by atoms with E-state index in [-0.39, 0.29) is 11.5 Å². The van der Waals surface area contributed by atoms with E-state index in [1.54, 1.807) is 0 Å². The smallest absolute Gasteiger partial charge is 0.307 e. The lowest BCUT2D eigenvalue weighted by atomic mass is 9.94. The van der Waals surface area contributed by atoms with Gasteiger partial charge in [-0.2, -0.15) is 0 Å². The van der Waals surface area contributed by atoms with E-state index < -0.39 is 5.97 Å². The topological polar surface area (TPSA) is 40.5 Å². The molecule has 0 radical (unpaired) electrons. The average molecular weight is 185 g/mol. The molecule has 0 aromatic carbocycles. The monoisotopic (exact) mass is 185 g/mol. The summed E-state index contributed by atoms with van der Waals surface area (Å²) in [5.41, 5.74) is 0.105. The Labute approximate surface area is 79.7 Å². The van der Waals surface area contributed by atoms with Crippen LogP contribution in [0, 0.1) is 5.92 Å². The van der Waals surface area contributed by atoms with Gasteiger partial charge in [-0.1, -0.05) is 0 Å². The molecule has 13 heavy (non-hydrogen) atoms. The SMILES string of the molecule is CC(C)(C)N1CCC[C@H](C(=O)O)C1. The Balaban J connectivity index is 2.57. The Kier molecular flexibility index (Phi) is 2.96. The number of piperidine rings is 1. The quantitative estimate of drug-likeness (QED) is 0.674. The number of carboxylic acids is 1. The Bertz CT molecular complexity index is 196. The molecule has 0 aromatic heterocycles. The molecule has 3 nitrogen and oxygen atoms in total. The number of rotatable bonds is 1. The highest BCUT2D eigenvalue weighted by atomic mass is 16.4. The number of hydrogen-bond donors (Lipinski definition) is 1. The van der Waals surface area contributed by atoms with Crippen LogP contribution in [0.25, 0.3) is 0 Å². The van der Waals surface area contributed by atoms with Gasteiger partial charge in [0.15, 0.2) is 0 Å². The van der Waals surface area contributed by atoms with Crippen LogP contribution in [0.5, 0.6) is 0 Å². The molecule has 0 bridgehead atoms. The molecule has 1 aliphatic heterocycles. The lowest BCUT2D eigenvalue weighted by molar-refractivity contribution is -0.144. The maximum atomic E-state index is 10.8. The molecule has 1 atom stereocenters. The number of carbonyl (C=O) groups is 1. The van der Waals surface area contributed by atoms with E-state index in [2.05, 4.69) is 25.7 Å². The molecule has 1 N–H and O–H groups in total. The minimum absolute atomic E-state index is 0.105. The Morgan fingerprint density at radius 2 is 2.08 bits per heavy atom. The largest absolute Gasteiger partial charge is 0.481 e.